The molecule has 2 N–H and O–H groups in total. The van der Waals surface area contributed by atoms with E-state index in [2.05, 4.69) is 22.5 Å². The number of aliphatic imine (C=N–C) groups is 1. The molecule has 0 aromatic heterocycles. The summed E-state index contributed by atoms with van der Waals surface area (Å²) in [5.74, 6) is 0.547. The first kappa shape index (κ1) is 18.2. The molecule has 0 spiro atoms. The van der Waals surface area contributed by atoms with Crippen LogP contribution in [-0.4, -0.2) is 32.8 Å². The highest BCUT2D eigenvalue weighted by molar-refractivity contribution is 14.0. The molecule has 2 rings (SSSR count). The molecule has 21 heavy (non-hydrogen) atoms. The summed E-state index contributed by atoms with van der Waals surface area (Å²) in [4.78, 5) is 4.16. The third-order valence-electron chi connectivity index (χ3n) is 3.50. The summed E-state index contributed by atoms with van der Waals surface area (Å²) in [5.41, 5.74) is 1.75. The van der Waals surface area contributed by atoms with Crippen LogP contribution in [0.4, 0.5) is 4.39 Å². The van der Waals surface area contributed by atoms with E-state index in [9.17, 15) is 4.39 Å². The van der Waals surface area contributed by atoms with Gasteiger partial charge >= 0.3 is 0 Å². The van der Waals surface area contributed by atoms with Gasteiger partial charge in [-0.2, -0.15) is 0 Å². The Labute approximate surface area is 142 Å². The minimum absolute atomic E-state index is 0. The fourth-order valence-electron chi connectivity index (χ4n) is 2.00. The molecule has 0 radical (unpaired) electrons. The Morgan fingerprint density at radius 2 is 2.10 bits per heavy atom. The molecule has 0 saturated carbocycles. The second kappa shape index (κ2) is 7.93. The van der Waals surface area contributed by atoms with Crippen molar-refractivity contribution in [2.24, 2.45) is 10.4 Å². The zero-order valence-corrected chi connectivity index (χ0v) is 15.0. The Kier molecular flexibility index (Phi) is 6.86. The van der Waals surface area contributed by atoms with E-state index < -0.39 is 0 Å². The SMILES string of the molecule is CN=C(NCc1ccc(C)c(F)c1)NCC1(C)COC1.I. The van der Waals surface area contributed by atoms with Crippen molar-refractivity contribution < 1.29 is 9.13 Å². The number of aryl methyl sites for hydroxylation is 1. The van der Waals surface area contributed by atoms with Gasteiger partial charge < -0.3 is 15.4 Å². The van der Waals surface area contributed by atoms with Gasteiger partial charge in [-0.3, -0.25) is 4.99 Å². The lowest BCUT2D eigenvalue weighted by atomic mass is 9.89. The van der Waals surface area contributed by atoms with Crippen LogP contribution >= 0.6 is 24.0 Å². The van der Waals surface area contributed by atoms with Crippen molar-refractivity contribution in [3.05, 3.63) is 35.1 Å². The normalized spacial score (nSPS) is 16.7. The highest BCUT2D eigenvalue weighted by Gasteiger charge is 2.33. The van der Waals surface area contributed by atoms with Gasteiger partial charge in [0, 0.05) is 25.6 Å². The highest BCUT2D eigenvalue weighted by Crippen LogP contribution is 2.24. The van der Waals surface area contributed by atoms with Gasteiger partial charge in [0.2, 0.25) is 0 Å². The van der Waals surface area contributed by atoms with Crippen LogP contribution in [0.15, 0.2) is 23.2 Å². The lowest BCUT2D eigenvalue weighted by Crippen LogP contribution is -2.50. The molecule has 0 aliphatic carbocycles. The summed E-state index contributed by atoms with van der Waals surface area (Å²) < 4.78 is 18.7. The Hall–Kier alpha value is -0.890. The number of nitrogens with zero attached hydrogens (tertiary/aromatic N) is 1. The van der Waals surface area contributed by atoms with Crippen LogP contribution in [0.5, 0.6) is 0 Å². The largest absolute Gasteiger partial charge is 0.380 e. The average molecular weight is 407 g/mol. The lowest BCUT2D eigenvalue weighted by molar-refractivity contribution is -0.0971. The third-order valence-corrected chi connectivity index (χ3v) is 3.50. The molecule has 0 unspecified atom stereocenters. The zero-order chi connectivity index (χ0) is 14.6. The molecule has 1 aromatic carbocycles. The second-order valence-corrected chi connectivity index (χ2v) is 5.67. The number of nitrogens with one attached hydrogen (secondary N) is 2. The van der Waals surface area contributed by atoms with Gasteiger partial charge in [-0.15, -0.1) is 24.0 Å². The van der Waals surface area contributed by atoms with Crippen LogP contribution in [-0.2, 0) is 11.3 Å². The quantitative estimate of drug-likeness (QED) is 0.458. The molecule has 118 valence electrons. The summed E-state index contributed by atoms with van der Waals surface area (Å²) in [5, 5.41) is 6.46. The molecular formula is C15H23FIN3O. The predicted octanol–water partition coefficient (Wildman–Crippen LogP) is 2.45. The molecule has 1 saturated heterocycles. The van der Waals surface area contributed by atoms with Crippen LogP contribution in [0.3, 0.4) is 0 Å². The molecule has 6 heteroatoms. The van der Waals surface area contributed by atoms with Gasteiger partial charge in [-0.25, -0.2) is 4.39 Å². The lowest BCUT2D eigenvalue weighted by Gasteiger charge is -2.38. The third kappa shape index (κ3) is 5.10. The Morgan fingerprint density at radius 1 is 1.38 bits per heavy atom. The summed E-state index contributed by atoms with van der Waals surface area (Å²) >= 11 is 0. The molecule has 4 nitrogen and oxygen atoms in total. The van der Waals surface area contributed by atoms with Crippen molar-refractivity contribution in [1.29, 1.82) is 0 Å². The molecule has 0 bridgehead atoms. The van der Waals surface area contributed by atoms with Gasteiger partial charge in [0.1, 0.15) is 5.82 Å². The molecule has 1 fully saturated rings. The van der Waals surface area contributed by atoms with Crippen LogP contribution in [0.2, 0.25) is 0 Å². The maximum absolute atomic E-state index is 13.5. The van der Waals surface area contributed by atoms with Gasteiger partial charge in [-0.1, -0.05) is 19.1 Å². The fourth-order valence-corrected chi connectivity index (χ4v) is 2.00. The summed E-state index contributed by atoms with van der Waals surface area (Å²) in [7, 11) is 1.73. The molecule has 1 aliphatic heterocycles. The Balaban J connectivity index is 0.00000220. The van der Waals surface area contributed by atoms with E-state index in [1.807, 2.05) is 6.07 Å². The van der Waals surface area contributed by atoms with E-state index in [0.717, 1.165) is 31.3 Å². The number of halogens is 2. The predicted molar refractivity (Wildman–Crippen MR) is 93.7 cm³/mol. The summed E-state index contributed by atoms with van der Waals surface area (Å²) in [6.07, 6.45) is 0. The van der Waals surface area contributed by atoms with E-state index in [0.29, 0.717) is 12.1 Å². The first-order chi connectivity index (χ1) is 9.52. The van der Waals surface area contributed by atoms with E-state index in [4.69, 9.17) is 4.74 Å². The molecule has 1 aliphatic rings. The maximum atomic E-state index is 13.5. The summed E-state index contributed by atoms with van der Waals surface area (Å²) in [6, 6.07) is 5.26. The molecule has 0 atom stereocenters. The highest BCUT2D eigenvalue weighted by atomic mass is 127. The van der Waals surface area contributed by atoms with Crippen LogP contribution < -0.4 is 10.6 Å². The van der Waals surface area contributed by atoms with E-state index >= 15 is 0 Å². The van der Waals surface area contributed by atoms with Crippen LogP contribution in [0.25, 0.3) is 0 Å². The van der Waals surface area contributed by atoms with E-state index in [1.54, 1.807) is 26.1 Å². The van der Waals surface area contributed by atoms with Crippen molar-refractivity contribution in [3.8, 4) is 0 Å². The van der Waals surface area contributed by atoms with Gasteiger partial charge in [0.05, 0.1) is 13.2 Å². The first-order valence-electron chi connectivity index (χ1n) is 6.80. The number of hydrogen-bond acceptors (Lipinski definition) is 2. The fraction of sp³-hybridized carbons (Fsp3) is 0.533. The first-order valence-corrected chi connectivity index (χ1v) is 6.80. The van der Waals surface area contributed by atoms with Gasteiger partial charge in [0.25, 0.3) is 0 Å². The van der Waals surface area contributed by atoms with Gasteiger partial charge in [0.15, 0.2) is 5.96 Å². The zero-order valence-electron chi connectivity index (χ0n) is 12.7. The minimum atomic E-state index is -0.175. The number of hydrogen-bond donors (Lipinski definition) is 2. The van der Waals surface area contributed by atoms with Crippen LogP contribution in [0.1, 0.15) is 18.1 Å². The number of ether oxygens (including phenoxy) is 1. The smallest absolute Gasteiger partial charge is 0.191 e. The molecule has 1 heterocycles. The van der Waals surface area contributed by atoms with E-state index in [1.165, 1.54) is 0 Å². The summed E-state index contributed by atoms with van der Waals surface area (Å²) in [6.45, 7) is 6.85. The standard InChI is InChI=1S/C15H22FN3O.HI/c1-11-4-5-12(6-13(11)16)7-18-14(17-3)19-8-15(2)9-20-10-15;/h4-6H,7-10H2,1-3H3,(H2,17,18,19);1H. The second-order valence-electron chi connectivity index (χ2n) is 5.67. The Morgan fingerprint density at radius 3 is 2.62 bits per heavy atom. The Bertz CT molecular complexity index is 504. The van der Waals surface area contributed by atoms with Crippen LogP contribution in [0, 0.1) is 18.2 Å². The number of benzene rings is 1. The average Bonchev–Trinajstić information content (AvgIpc) is 2.40. The van der Waals surface area contributed by atoms with Crippen molar-refractivity contribution >= 4 is 29.9 Å². The topological polar surface area (TPSA) is 45.7 Å². The number of guanidine groups is 1. The maximum Gasteiger partial charge on any atom is 0.191 e. The van der Waals surface area contributed by atoms with Crippen molar-refractivity contribution in [3.63, 3.8) is 0 Å². The van der Waals surface area contributed by atoms with Crippen molar-refractivity contribution in [1.82, 2.24) is 10.6 Å². The van der Waals surface area contributed by atoms with Crippen molar-refractivity contribution in [2.45, 2.75) is 20.4 Å². The van der Waals surface area contributed by atoms with Crippen molar-refractivity contribution in [2.75, 3.05) is 26.8 Å². The molecule has 1 aromatic rings. The molecular weight excluding hydrogens is 384 g/mol. The minimum Gasteiger partial charge on any atom is -0.380 e. The number of rotatable bonds is 4. The monoisotopic (exact) mass is 407 g/mol. The van der Waals surface area contributed by atoms with E-state index in [-0.39, 0.29) is 35.2 Å². The molecule has 0 amide bonds. The van der Waals surface area contributed by atoms with Gasteiger partial charge in [-0.05, 0) is 24.1 Å².